The molecule has 1 saturated heterocycles. The zero-order valence-corrected chi connectivity index (χ0v) is 6.78. The molecular weight excluding hydrogens is 172 g/mol. The third-order valence-corrected chi connectivity index (χ3v) is 1.93. The molecular formula is C6H9F2NOS. The average Bonchev–Trinajstić information content (AvgIpc) is 2.29. The molecule has 11 heavy (non-hydrogen) atoms. The maximum absolute atomic E-state index is 12.5. The second kappa shape index (κ2) is 2.97. The van der Waals surface area contributed by atoms with Crippen LogP contribution in [0.15, 0.2) is 0 Å². The molecule has 1 fully saturated rings. The van der Waals surface area contributed by atoms with Gasteiger partial charge in [0.2, 0.25) is 5.91 Å². The Labute approximate surface area is 69.0 Å². The lowest BCUT2D eigenvalue weighted by Gasteiger charge is -2.13. The van der Waals surface area contributed by atoms with Gasteiger partial charge in [-0.2, -0.15) is 12.6 Å². The van der Waals surface area contributed by atoms with Gasteiger partial charge in [-0.15, -0.1) is 0 Å². The van der Waals surface area contributed by atoms with Gasteiger partial charge in [0.05, 0.1) is 12.3 Å². The predicted octanol–water partition coefficient (Wildman–Crippen LogP) is 0.784. The number of hydrogen-bond donors (Lipinski definition) is 1. The van der Waals surface area contributed by atoms with E-state index in [1.54, 1.807) is 0 Å². The van der Waals surface area contributed by atoms with E-state index in [1.165, 1.54) is 0 Å². The molecule has 1 rings (SSSR count). The Morgan fingerprint density at radius 3 is 2.64 bits per heavy atom. The van der Waals surface area contributed by atoms with Gasteiger partial charge < -0.3 is 4.90 Å². The number of hydrogen-bond acceptors (Lipinski definition) is 2. The van der Waals surface area contributed by atoms with Crippen LogP contribution in [0.4, 0.5) is 8.78 Å². The Bertz CT molecular complexity index is 174. The largest absolute Gasteiger partial charge is 0.336 e. The van der Waals surface area contributed by atoms with E-state index in [-0.39, 0.29) is 24.6 Å². The van der Waals surface area contributed by atoms with Gasteiger partial charge in [-0.05, 0) is 0 Å². The minimum atomic E-state index is -2.68. The molecule has 1 aliphatic rings. The number of likely N-dealkylation sites (tertiary alicyclic amines) is 1. The Balaban J connectivity index is 2.48. The summed E-state index contributed by atoms with van der Waals surface area (Å²) in [6, 6.07) is 0. The van der Waals surface area contributed by atoms with E-state index >= 15 is 0 Å². The highest BCUT2D eigenvalue weighted by Gasteiger charge is 2.39. The Hall–Kier alpha value is -0.320. The van der Waals surface area contributed by atoms with E-state index in [9.17, 15) is 13.6 Å². The van der Waals surface area contributed by atoms with Crippen molar-refractivity contribution >= 4 is 18.5 Å². The maximum Gasteiger partial charge on any atom is 0.267 e. The van der Waals surface area contributed by atoms with Crippen LogP contribution in [0.5, 0.6) is 0 Å². The van der Waals surface area contributed by atoms with Crippen molar-refractivity contribution in [3.8, 4) is 0 Å². The number of carbonyl (C=O) groups is 1. The fourth-order valence-corrected chi connectivity index (χ4v) is 1.25. The lowest BCUT2D eigenvalue weighted by molar-refractivity contribution is -0.128. The fourth-order valence-electron chi connectivity index (χ4n) is 1.05. The van der Waals surface area contributed by atoms with Crippen molar-refractivity contribution < 1.29 is 13.6 Å². The summed E-state index contributed by atoms with van der Waals surface area (Å²) in [6.07, 6.45) is -0.216. The standard InChI is InChI=1S/C6H9F2NOS/c7-6(8)1-2-9(4-6)5(10)3-11/h11H,1-4H2. The predicted molar refractivity (Wildman–Crippen MR) is 40.0 cm³/mol. The summed E-state index contributed by atoms with van der Waals surface area (Å²) in [7, 11) is 0. The van der Waals surface area contributed by atoms with E-state index in [0.717, 1.165) is 4.90 Å². The minimum absolute atomic E-state index is 0.01000. The van der Waals surface area contributed by atoms with Gasteiger partial charge in [0.1, 0.15) is 0 Å². The van der Waals surface area contributed by atoms with E-state index in [1.807, 2.05) is 0 Å². The maximum atomic E-state index is 12.5. The molecule has 0 radical (unpaired) electrons. The van der Waals surface area contributed by atoms with Crippen LogP contribution in [0.1, 0.15) is 6.42 Å². The normalized spacial score (nSPS) is 22.3. The van der Waals surface area contributed by atoms with Crippen LogP contribution in [0.3, 0.4) is 0 Å². The number of alkyl halides is 2. The summed E-state index contributed by atoms with van der Waals surface area (Å²) in [5, 5.41) is 0. The van der Waals surface area contributed by atoms with Crippen LogP contribution < -0.4 is 0 Å². The number of rotatable bonds is 1. The van der Waals surface area contributed by atoms with Gasteiger partial charge >= 0.3 is 0 Å². The Kier molecular flexibility index (Phi) is 2.37. The van der Waals surface area contributed by atoms with Gasteiger partial charge in [-0.25, -0.2) is 8.78 Å². The number of carbonyl (C=O) groups excluding carboxylic acids is 1. The number of halogens is 2. The van der Waals surface area contributed by atoms with Crippen LogP contribution in [0.2, 0.25) is 0 Å². The summed E-state index contributed by atoms with van der Waals surface area (Å²) in [6.45, 7) is -0.279. The van der Waals surface area contributed by atoms with Crippen LogP contribution in [0, 0.1) is 0 Å². The summed E-state index contributed by atoms with van der Waals surface area (Å²) in [5.74, 6) is -2.99. The van der Waals surface area contributed by atoms with E-state index in [2.05, 4.69) is 12.6 Å². The first-order valence-corrected chi connectivity index (χ1v) is 3.95. The molecule has 0 unspecified atom stereocenters. The zero-order chi connectivity index (χ0) is 8.48. The SMILES string of the molecule is O=C(CS)N1CCC(F)(F)C1. The average molecular weight is 181 g/mol. The van der Waals surface area contributed by atoms with Crippen LogP contribution in [-0.4, -0.2) is 35.6 Å². The van der Waals surface area contributed by atoms with E-state index in [4.69, 9.17) is 0 Å². The van der Waals surface area contributed by atoms with Crippen LogP contribution in [0.25, 0.3) is 0 Å². The van der Waals surface area contributed by atoms with Gasteiger partial charge in [0, 0.05) is 13.0 Å². The minimum Gasteiger partial charge on any atom is -0.336 e. The van der Waals surface area contributed by atoms with Gasteiger partial charge in [-0.3, -0.25) is 4.79 Å². The highest BCUT2D eigenvalue weighted by molar-refractivity contribution is 7.81. The zero-order valence-electron chi connectivity index (χ0n) is 5.89. The molecule has 64 valence electrons. The highest BCUT2D eigenvalue weighted by Crippen LogP contribution is 2.26. The van der Waals surface area contributed by atoms with Gasteiger partial charge in [0.25, 0.3) is 5.92 Å². The Morgan fingerprint density at radius 1 is 1.64 bits per heavy atom. The molecule has 5 heteroatoms. The molecule has 0 bridgehead atoms. The molecule has 0 aromatic carbocycles. The molecule has 2 nitrogen and oxygen atoms in total. The van der Waals surface area contributed by atoms with E-state index < -0.39 is 12.5 Å². The number of nitrogens with zero attached hydrogens (tertiary/aromatic N) is 1. The summed E-state index contributed by atoms with van der Waals surface area (Å²) in [5.41, 5.74) is 0. The molecule has 0 N–H and O–H groups in total. The quantitative estimate of drug-likeness (QED) is 0.593. The lowest BCUT2D eigenvalue weighted by atomic mass is 10.3. The molecule has 0 aromatic heterocycles. The van der Waals surface area contributed by atoms with Crippen molar-refractivity contribution in [1.82, 2.24) is 4.90 Å². The number of amides is 1. The lowest BCUT2D eigenvalue weighted by Crippen LogP contribution is -2.32. The highest BCUT2D eigenvalue weighted by atomic mass is 32.1. The molecule has 1 heterocycles. The van der Waals surface area contributed by atoms with Crippen molar-refractivity contribution in [2.75, 3.05) is 18.8 Å². The Morgan fingerprint density at radius 2 is 2.27 bits per heavy atom. The first-order chi connectivity index (χ1) is 5.05. The third kappa shape index (κ3) is 2.05. The third-order valence-electron chi connectivity index (χ3n) is 1.66. The van der Waals surface area contributed by atoms with Crippen molar-refractivity contribution in [2.24, 2.45) is 0 Å². The molecule has 0 atom stereocenters. The molecule has 0 spiro atoms. The monoisotopic (exact) mass is 181 g/mol. The molecule has 0 aromatic rings. The summed E-state index contributed by atoms with van der Waals surface area (Å²) in [4.78, 5) is 12.0. The molecule has 1 aliphatic heterocycles. The van der Waals surface area contributed by atoms with Gasteiger partial charge in [-0.1, -0.05) is 0 Å². The topological polar surface area (TPSA) is 20.3 Å². The first kappa shape index (κ1) is 8.77. The summed E-state index contributed by atoms with van der Waals surface area (Å²) < 4.78 is 24.9. The van der Waals surface area contributed by atoms with E-state index in [0.29, 0.717) is 0 Å². The molecule has 0 aliphatic carbocycles. The van der Waals surface area contributed by atoms with Crippen molar-refractivity contribution in [1.29, 1.82) is 0 Å². The second-order valence-electron chi connectivity index (χ2n) is 2.58. The number of thiol groups is 1. The fraction of sp³-hybridized carbons (Fsp3) is 0.833. The van der Waals surface area contributed by atoms with Crippen molar-refractivity contribution in [3.05, 3.63) is 0 Å². The second-order valence-corrected chi connectivity index (χ2v) is 2.90. The molecule has 1 amide bonds. The summed E-state index contributed by atoms with van der Waals surface area (Å²) >= 11 is 3.71. The van der Waals surface area contributed by atoms with Crippen molar-refractivity contribution in [2.45, 2.75) is 12.3 Å². The molecule has 0 saturated carbocycles. The van der Waals surface area contributed by atoms with Crippen molar-refractivity contribution in [3.63, 3.8) is 0 Å². The smallest absolute Gasteiger partial charge is 0.267 e. The van der Waals surface area contributed by atoms with Gasteiger partial charge in [0.15, 0.2) is 0 Å². The van der Waals surface area contributed by atoms with Crippen LogP contribution >= 0.6 is 12.6 Å². The first-order valence-electron chi connectivity index (χ1n) is 3.32. The van der Waals surface area contributed by atoms with Crippen LogP contribution in [-0.2, 0) is 4.79 Å².